The molecule has 20 atom stereocenters. The standard InChI is InChI=1S/C32H39O13P.C30H35O15P/c1-14-6-17(7-15(2)28(14)41-13-42-46(4,5)36)24-18-8-21-22(40-12-39-21)9-19(18)29(20-10-38-31(35)25(20)24)45-32-27(34)26(33)30-23(44-32)11-37-16(3)43-30;1-12-4-15(5-13(2)26(12)41-11-42-46(34,35)36)22-16-6-19-20(40-10-39-19)7-17(16)27(18-8-38-29(33)23(18)22)45-30-25(32)24(31)28-21(44-30)9-37-14(3)43-28/h6-9,16,20,23-27,29-30,32-34H,10-13H2,1-5H3;4-7,14,18,21-25,27-28,30-32H,8-11H2,1-3H3,(H2,34,35,36)/t16?,20-,23+,24+,25-,26+,27+,29+,30?,32-;14?,18-,21+,22+,23-,24+,25+,27+,28?,30-/m00/s1. The van der Waals surface area contributed by atoms with Crippen molar-refractivity contribution in [2.24, 2.45) is 23.7 Å². The van der Waals surface area contributed by atoms with E-state index in [4.69, 9.17) is 90.1 Å². The highest BCUT2D eigenvalue weighted by Gasteiger charge is 2.58. The molecule has 4 unspecified atom stereocenters. The molecule has 4 aromatic rings. The third-order valence-electron chi connectivity index (χ3n) is 18.4. The van der Waals surface area contributed by atoms with E-state index in [1.54, 1.807) is 33.8 Å². The minimum atomic E-state index is -4.73. The summed E-state index contributed by atoms with van der Waals surface area (Å²) in [5, 5.41) is 44.1. The third-order valence-corrected chi connectivity index (χ3v) is 19.6. The number of hydrogen-bond acceptors (Lipinski definition) is 26. The van der Waals surface area contributed by atoms with Crippen LogP contribution in [0.3, 0.4) is 0 Å². The lowest BCUT2D eigenvalue weighted by Gasteiger charge is -2.47. The van der Waals surface area contributed by atoms with E-state index in [0.717, 1.165) is 33.4 Å². The molecule has 92 heavy (non-hydrogen) atoms. The number of benzene rings is 4. The summed E-state index contributed by atoms with van der Waals surface area (Å²) in [6, 6.07) is 15.0. The first kappa shape index (κ1) is 65.1. The predicted octanol–water partition coefficient (Wildman–Crippen LogP) is 4.80. The van der Waals surface area contributed by atoms with Crippen LogP contribution in [0.25, 0.3) is 0 Å². The number of aliphatic hydroxyl groups is 4. The number of rotatable bonds is 14. The number of carbonyl (C=O) groups is 2. The van der Waals surface area contributed by atoms with Crippen LogP contribution in [0.1, 0.15) is 93.5 Å². The van der Waals surface area contributed by atoms with Gasteiger partial charge in [0.15, 0.2) is 69.1 Å². The summed E-state index contributed by atoms with van der Waals surface area (Å²) in [4.78, 5) is 45.1. The first-order valence-electron chi connectivity index (χ1n) is 30.2. The molecule has 0 radical (unpaired) electrons. The van der Waals surface area contributed by atoms with Crippen LogP contribution in [-0.2, 0) is 75.1 Å². The number of phosphoric ester groups is 1. The molecule has 6 saturated heterocycles. The average molecular weight is 1330 g/mol. The molecule has 10 aliphatic rings. The molecule has 0 bridgehead atoms. The van der Waals surface area contributed by atoms with Crippen LogP contribution in [0, 0.1) is 51.4 Å². The van der Waals surface area contributed by atoms with Gasteiger partial charge in [0.25, 0.3) is 0 Å². The van der Waals surface area contributed by atoms with Gasteiger partial charge in [-0.05, 0) is 121 Å². The van der Waals surface area contributed by atoms with E-state index < -0.39 is 150 Å². The molecule has 4 aromatic carbocycles. The van der Waals surface area contributed by atoms with Gasteiger partial charge in [-0.25, -0.2) is 9.09 Å². The molecule has 14 rings (SSSR count). The molecular weight excluding hydrogens is 1250 g/mol. The maximum atomic E-state index is 13.5. The Bertz CT molecular complexity index is 3290. The summed E-state index contributed by atoms with van der Waals surface area (Å²) in [6.07, 6.45) is -13.6. The van der Waals surface area contributed by atoms with E-state index in [-0.39, 0.29) is 52.8 Å². The van der Waals surface area contributed by atoms with Crippen LogP contribution in [0.5, 0.6) is 34.5 Å². The molecule has 500 valence electrons. The molecule has 2 aliphatic carbocycles. The Labute approximate surface area is 527 Å². The monoisotopic (exact) mass is 1330 g/mol. The molecule has 6 N–H and O–H groups in total. The lowest BCUT2D eigenvalue weighted by Crippen LogP contribution is -2.63. The summed E-state index contributed by atoms with van der Waals surface area (Å²) in [5.74, 6) is -1.02. The summed E-state index contributed by atoms with van der Waals surface area (Å²) in [5.41, 5.74) is 7.48. The molecule has 30 heteroatoms. The van der Waals surface area contributed by atoms with Crippen LogP contribution < -0.4 is 28.4 Å². The summed E-state index contributed by atoms with van der Waals surface area (Å²) in [6.45, 7) is 13.5. The largest absolute Gasteiger partial charge is 0.472 e. The van der Waals surface area contributed by atoms with Gasteiger partial charge in [-0.1, -0.05) is 24.3 Å². The number of hydrogen-bond donors (Lipinski definition) is 6. The maximum Gasteiger partial charge on any atom is 0.472 e. The van der Waals surface area contributed by atoms with Gasteiger partial charge in [-0.2, -0.15) is 0 Å². The molecule has 8 heterocycles. The van der Waals surface area contributed by atoms with Gasteiger partial charge in [0, 0.05) is 37.0 Å². The number of carbonyl (C=O) groups excluding carboxylic acids is 2. The van der Waals surface area contributed by atoms with E-state index in [9.17, 15) is 39.1 Å². The molecule has 6 fully saturated rings. The molecule has 0 aromatic heterocycles. The van der Waals surface area contributed by atoms with Crippen molar-refractivity contribution >= 4 is 27.1 Å². The zero-order chi connectivity index (χ0) is 65.0. The topological polar surface area (TPSA) is 356 Å². The summed E-state index contributed by atoms with van der Waals surface area (Å²) in [7, 11) is -7.45. The van der Waals surface area contributed by atoms with Crippen molar-refractivity contribution in [2.75, 3.05) is 66.9 Å². The smallest absolute Gasteiger partial charge is 0.467 e. The SMILES string of the molecule is Cc1cc([C@@H]2c3cc4c(cc3[C@@H](O[C@@H]3O[C@@H]5COC(C)OC5[C@H](O)[C@H]3O)[C@H]3COC(=O)[C@H]23)OCO4)cc(C)c1OCOP(=O)(O)O.Cc1cc([C@@H]2c3cc4c(cc3[C@@H](O[C@@H]3O[C@@H]5COC(C)OC5[C@H](O)[C@H]3O)[C@H]3COC(=O)[C@H]23)OCO4)cc(C)c1OCOP(C)(C)=O. The van der Waals surface area contributed by atoms with Crippen molar-refractivity contribution in [3.8, 4) is 34.5 Å². The van der Waals surface area contributed by atoms with Crippen molar-refractivity contribution in [1.82, 2.24) is 0 Å². The minimum absolute atomic E-state index is 0.0163. The Balaban J connectivity index is 0.000000168. The Hall–Kier alpha value is -5.56. The molecule has 8 aliphatic heterocycles. The Morgan fingerprint density at radius 2 is 0.859 bits per heavy atom. The minimum Gasteiger partial charge on any atom is -0.467 e. The van der Waals surface area contributed by atoms with Crippen LogP contribution in [0.4, 0.5) is 0 Å². The molecule has 0 spiro atoms. The molecular formula is C62H74O28P2. The predicted molar refractivity (Wildman–Crippen MR) is 311 cm³/mol. The second-order valence-electron chi connectivity index (χ2n) is 24.9. The Morgan fingerprint density at radius 3 is 1.23 bits per heavy atom. The van der Waals surface area contributed by atoms with Crippen LogP contribution in [0.2, 0.25) is 0 Å². The highest BCUT2D eigenvalue weighted by Crippen LogP contribution is 2.59. The first-order valence-corrected chi connectivity index (χ1v) is 34.3. The van der Waals surface area contributed by atoms with Crippen molar-refractivity contribution in [3.63, 3.8) is 0 Å². The number of aliphatic hydroxyl groups excluding tert-OH is 4. The van der Waals surface area contributed by atoms with Crippen molar-refractivity contribution in [3.05, 3.63) is 104 Å². The number of fused-ring (bicyclic) bond motifs is 8. The van der Waals surface area contributed by atoms with Gasteiger partial charge in [0.05, 0.1) is 50.5 Å². The van der Waals surface area contributed by atoms with Gasteiger partial charge >= 0.3 is 19.8 Å². The highest BCUT2D eigenvalue weighted by atomic mass is 31.2. The number of esters is 2. The van der Waals surface area contributed by atoms with Crippen LogP contribution in [0.15, 0.2) is 48.5 Å². The van der Waals surface area contributed by atoms with Gasteiger partial charge < -0.3 is 106 Å². The fourth-order valence-corrected chi connectivity index (χ4v) is 14.9. The number of aryl methyl sites for hydroxylation is 4. The number of cyclic esters (lactones) is 2. The van der Waals surface area contributed by atoms with Gasteiger partial charge in [-0.15, -0.1) is 0 Å². The lowest BCUT2D eigenvalue weighted by atomic mass is 9.66. The fraction of sp³-hybridized carbons (Fsp3) is 0.581. The first-order chi connectivity index (χ1) is 43.8. The molecule has 0 amide bonds. The second-order valence-corrected chi connectivity index (χ2v) is 28.9. The Kier molecular flexibility index (Phi) is 18.1. The van der Waals surface area contributed by atoms with E-state index >= 15 is 0 Å². The Morgan fingerprint density at radius 1 is 0.489 bits per heavy atom. The number of phosphoric acid groups is 1. The summed E-state index contributed by atoms with van der Waals surface area (Å²) < 4.78 is 126. The summed E-state index contributed by atoms with van der Waals surface area (Å²) >= 11 is 0. The number of ether oxygens (including phenoxy) is 16. The van der Waals surface area contributed by atoms with E-state index in [0.29, 0.717) is 56.8 Å². The molecule has 0 saturated carbocycles. The maximum absolute atomic E-state index is 13.5. The van der Waals surface area contributed by atoms with Crippen LogP contribution in [-0.4, -0.2) is 183 Å². The van der Waals surface area contributed by atoms with Gasteiger partial charge in [0.2, 0.25) is 13.6 Å². The van der Waals surface area contributed by atoms with Gasteiger partial charge in [0.1, 0.15) is 60.3 Å². The van der Waals surface area contributed by atoms with Crippen molar-refractivity contribution in [1.29, 1.82) is 0 Å². The van der Waals surface area contributed by atoms with E-state index in [1.165, 1.54) is 13.3 Å². The van der Waals surface area contributed by atoms with Crippen molar-refractivity contribution < 1.29 is 134 Å². The highest BCUT2D eigenvalue weighted by molar-refractivity contribution is 7.57. The third kappa shape index (κ3) is 12.5. The van der Waals surface area contributed by atoms with Crippen LogP contribution >= 0.6 is 15.2 Å². The molecule has 28 nitrogen and oxygen atoms in total. The second kappa shape index (κ2) is 25.5. The van der Waals surface area contributed by atoms with E-state index in [2.05, 4.69) is 4.52 Å². The van der Waals surface area contributed by atoms with Crippen molar-refractivity contribution in [2.45, 2.75) is 140 Å². The quantitative estimate of drug-likeness (QED) is 0.0561. The van der Waals surface area contributed by atoms with Gasteiger partial charge in [-0.3, -0.25) is 18.7 Å². The zero-order valence-electron chi connectivity index (χ0n) is 51.4. The zero-order valence-corrected chi connectivity index (χ0v) is 53.2. The normalized spacial score (nSPS) is 34.8. The fourth-order valence-electron chi connectivity index (χ4n) is 14.4. The average Bonchev–Trinajstić information content (AvgIpc) is 1.45. The van der Waals surface area contributed by atoms with E-state index in [1.807, 2.05) is 56.3 Å². The lowest BCUT2D eigenvalue weighted by molar-refractivity contribution is -0.364.